The van der Waals surface area contributed by atoms with Crippen LogP contribution in [0.1, 0.15) is 18.2 Å². The van der Waals surface area contributed by atoms with E-state index in [0.717, 1.165) is 11.8 Å². The fourth-order valence-electron chi connectivity index (χ4n) is 1.91. The molecule has 1 N–H and O–H groups in total. The zero-order valence-electron chi connectivity index (χ0n) is 10.9. The number of anilines is 2. The van der Waals surface area contributed by atoms with E-state index in [-0.39, 0.29) is 5.69 Å². The van der Waals surface area contributed by atoms with Crippen LogP contribution >= 0.6 is 15.9 Å². The molecule has 2 aromatic rings. The molecule has 0 atom stereocenters. The number of aryl methyl sites for hydroxylation is 2. The lowest BCUT2D eigenvalue weighted by atomic mass is 10.1. The number of hydrogen-bond acceptors (Lipinski definition) is 2. The van der Waals surface area contributed by atoms with E-state index in [1.165, 1.54) is 12.1 Å². The third kappa shape index (κ3) is 3.15. The summed E-state index contributed by atoms with van der Waals surface area (Å²) in [5.74, 6) is 0. The first kappa shape index (κ1) is 14.9. The maximum atomic E-state index is 13.0. The molecule has 0 aliphatic carbocycles. The predicted molar refractivity (Wildman–Crippen MR) is 75.0 cm³/mol. The van der Waals surface area contributed by atoms with Crippen LogP contribution in [-0.4, -0.2) is 9.78 Å². The number of halogens is 4. The zero-order chi connectivity index (χ0) is 14.9. The van der Waals surface area contributed by atoms with Gasteiger partial charge in [0.15, 0.2) is 0 Å². The molecular formula is C13H13BrF3N3. The van der Waals surface area contributed by atoms with Crippen molar-refractivity contribution in [3.63, 3.8) is 0 Å². The van der Waals surface area contributed by atoms with Crippen molar-refractivity contribution in [1.29, 1.82) is 0 Å². The summed E-state index contributed by atoms with van der Waals surface area (Å²) in [7, 11) is 1.73. The minimum Gasteiger partial charge on any atom is -0.352 e. The maximum absolute atomic E-state index is 13.0. The molecule has 108 valence electrons. The summed E-state index contributed by atoms with van der Waals surface area (Å²) < 4.78 is 41.1. The third-order valence-corrected chi connectivity index (χ3v) is 3.29. The van der Waals surface area contributed by atoms with Crippen LogP contribution in [-0.2, 0) is 19.6 Å². The predicted octanol–water partition coefficient (Wildman–Crippen LogP) is 4.51. The number of alkyl halides is 3. The fraction of sp³-hybridized carbons (Fsp3) is 0.308. The number of nitrogens with one attached hydrogen (secondary N) is 1. The molecule has 1 aromatic heterocycles. The molecule has 0 fully saturated rings. The van der Waals surface area contributed by atoms with Crippen LogP contribution in [0.5, 0.6) is 0 Å². The van der Waals surface area contributed by atoms with Gasteiger partial charge in [-0.3, -0.25) is 4.68 Å². The Morgan fingerprint density at radius 3 is 2.60 bits per heavy atom. The number of aromatic nitrogens is 2. The highest BCUT2D eigenvalue weighted by Crippen LogP contribution is 2.37. The smallest absolute Gasteiger partial charge is 0.352 e. The average Bonchev–Trinajstić information content (AvgIpc) is 2.68. The van der Waals surface area contributed by atoms with Crippen LogP contribution in [0.25, 0.3) is 0 Å². The summed E-state index contributed by atoms with van der Waals surface area (Å²) in [4.78, 5) is 0. The van der Waals surface area contributed by atoms with Crippen LogP contribution in [0.15, 0.2) is 28.9 Å². The van der Waals surface area contributed by atoms with Gasteiger partial charge < -0.3 is 5.32 Å². The molecule has 20 heavy (non-hydrogen) atoms. The van der Waals surface area contributed by atoms with Gasteiger partial charge in [0.05, 0.1) is 22.6 Å². The maximum Gasteiger partial charge on any atom is 0.418 e. The molecule has 0 bridgehead atoms. The van der Waals surface area contributed by atoms with Gasteiger partial charge in [0.1, 0.15) is 0 Å². The molecular weight excluding hydrogens is 335 g/mol. The van der Waals surface area contributed by atoms with Crippen LogP contribution < -0.4 is 5.32 Å². The lowest BCUT2D eigenvalue weighted by molar-refractivity contribution is -0.136. The molecule has 0 saturated carbocycles. The first-order valence-corrected chi connectivity index (χ1v) is 6.77. The van der Waals surface area contributed by atoms with E-state index in [9.17, 15) is 13.2 Å². The van der Waals surface area contributed by atoms with Gasteiger partial charge in [0, 0.05) is 17.7 Å². The Morgan fingerprint density at radius 1 is 1.30 bits per heavy atom. The summed E-state index contributed by atoms with van der Waals surface area (Å²) in [6, 6.07) is 3.83. The third-order valence-electron chi connectivity index (χ3n) is 2.80. The normalized spacial score (nSPS) is 11.7. The molecule has 0 aliphatic heterocycles. The van der Waals surface area contributed by atoms with Crippen molar-refractivity contribution in [3.05, 3.63) is 40.1 Å². The largest absolute Gasteiger partial charge is 0.418 e. The summed E-state index contributed by atoms with van der Waals surface area (Å²) in [6.45, 7) is 1.90. The molecule has 0 saturated heterocycles. The lowest BCUT2D eigenvalue weighted by Gasteiger charge is -2.14. The number of hydrogen-bond donors (Lipinski definition) is 1. The molecule has 0 amide bonds. The van der Waals surface area contributed by atoms with Crippen LogP contribution in [0.4, 0.5) is 24.5 Å². The molecule has 7 heteroatoms. The number of rotatable bonds is 3. The molecule has 0 spiro atoms. The SMILES string of the molecule is CCc1nn(C)cc1Nc1cc(Br)ccc1C(F)(F)F. The highest BCUT2D eigenvalue weighted by atomic mass is 79.9. The van der Waals surface area contributed by atoms with Gasteiger partial charge in [-0.05, 0) is 24.6 Å². The van der Waals surface area contributed by atoms with Gasteiger partial charge in [0.2, 0.25) is 0 Å². The Morgan fingerprint density at radius 2 is 2.00 bits per heavy atom. The Bertz CT molecular complexity index is 620. The summed E-state index contributed by atoms with van der Waals surface area (Å²) >= 11 is 3.19. The quantitative estimate of drug-likeness (QED) is 0.885. The molecule has 1 aromatic carbocycles. The fourth-order valence-corrected chi connectivity index (χ4v) is 2.27. The van der Waals surface area contributed by atoms with Crippen molar-refractivity contribution in [2.24, 2.45) is 7.05 Å². The minimum atomic E-state index is -4.41. The molecule has 1 heterocycles. The van der Waals surface area contributed by atoms with E-state index in [0.29, 0.717) is 16.6 Å². The Labute approximate surface area is 122 Å². The van der Waals surface area contributed by atoms with E-state index in [1.807, 2.05) is 6.92 Å². The van der Waals surface area contributed by atoms with Crippen molar-refractivity contribution >= 4 is 27.3 Å². The molecule has 0 unspecified atom stereocenters. The van der Waals surface area contributed by atoms with Gasteiger partial charge in [-0.15, -0.1) is 0 Å². The summed E-state index contributed by atoms with van der Waals surface area (Å²) in [6.07, 6.45) is -2.10. The van der Waals surface area contributed by atoms with E-state index >= 15 is 0 Å². The van der Waals surface area contributed by atoms with Crippen LogP contribution in [0.3, 0.4) is 0 Å². The van der Waals surface area contributed by atoms with Crippen molar-refractivity contribution in [3.8, 4) is 0 Å². The van der Waals surface area contributed by atoms with Gasteiger partial charge in [0.25, 0.3) is 0 Å². The number of nitrogens with zero attached hydrogens (tertiary/aromatic N) is 2. The monoisotopic (exact) mass is 347 g/mol. The average molecular weight is 348 g/mol. The summed E-state index contributed by atoms with van der Waals surface area (Å²) in [5.41, 5.74) is 0.611. The topological polar surface area (TPSA) is 29.9 Å². The number of benzene rings is 1. The lowest BCUT2D eigenvalue weighted by Crippen LogP contribution is -2.09. The van der Waals surface area contributed by atoms with Crippen molar-refractivity contribution in [2.45, 2.75) is 19.5 Å². The van der Waals surface area contributed by atoms with E-state index in [2.05, 4.69) is 26.3 Å². The van der Waals surface area contributed by atoms with E-state index in [4.69, 9.17) is 0 Å². The first-order valence-electron chi connectivity index (χ1n) is 5.97. The van der Waals surface area contributed by atoms with Gasteiger partial charge in [-0.25, -0.2) is 0 Å². The standard InChI is InChI=1S/C13H13BrF3N3/c1-3-10-12(7-20(2)19-10)18-11-6-8(14)4-5-9(11)13(15,16)17/h4-7,18H,3H2,1-2H3. The van der Waals surface area contributed by atoms with Gasteiger partial charge in [-0.2, -0.15) is 18.3 Å². The zero-order valence-corrected chi connectivity index (χ0v) is 12.5. The molecule has 2 rings (SSSR count). The Hall–Kier alpha value is -1.50. The van der Waals surface area contributed by atoms with Crippen molar-refractivity contribution in [1.82, 2.24) is 9.78 Å². The van der Waals surface area contributed by atoms with Crippen LogP contribution in [0, 0.1) is 0 Å². The van der Waals surface area contributed by atoms with Gasteiger partial charge in [-0.1, -0.05) is 22.9 Å². The summed E-state index contributed by atoms with van der Waals surface area (Å²) in [5, 5.41) is 7.03. The second-order valence-corrected chi connectivity index (χ2v) is 5.25. The Balaban J connectivity index is 2.44. The van der Waals surface area contributed by atoms with Crippen molar-refractivity contribution in [2.75, 3.05) is 5.32 Å². The Kier molecular flexibility index (Phi) is 4.08. The molecule has 3 nitrogen and oxygen atoms in total. The molecule has 0 aliphatic rings. The van der Waals surface area contributed by atoms with Gasteiger partial charge >= 0.3 is 6.18 Å². The molecule has 0 radical (unpaired) electrons. The second kappa shape index (κ2) is 5.47. The highest BCUT2D eigenvalue weighted by Gasteiger charge is 2.33. The van der Waals surface area contributed by atoms with Crippen LogP contribution in [0.2, 0.25) is 0 Å². The van der Waals surface area contributed by atoms with E-state index < -0.39 is 11.7 Å². The minimum absolute atomic E-state index is 0.00887. The van der Waals surface area contributed by atoms with Crippen molar-refractivity contribution < 1.29 is 13.2 Å². The van der Waals surface area contributed by atoms with E-state index in [1.54, 1.807) is 17.9 Å². The first-order chi connectivity index (χ1) is 9.31. The highest BCUT2D eigenvalue weighted by molar-refractivity contribution is 9.10. The second-order valence-electron chi connectivity index (χ2n) is 4.33.